The summed E-state index contributed by atoms with van der Waals surface area (Å²) < 4.78 is 0.997. The molecule has 2 amide bonds. The molecule has 5 nitrogen and oxygen atoms in total. The predicted molar refractivity (Wildman–Crippen MR) is 83.1 cm³/mol. The Morgan fingerprint density at radius 3 is 2.45 bits per heavy atom. The minimum Gasteiger partial charge on any atom is -0.507 e. The van der Waals surface area contributed by atoms with Crippen molar-refractivity contribution in [2.45, 2.75) is 0 Å². The molecule has 22 heavy (non-hydrogen) atoms. The van der Waals surface area contributed by atoms with Crippen molar-refractivity contribution < 1.29 is 14.7 Å². The maximum absolute atomic E-state index is 12.1. The zero-order chi connectivity index (χ0) is 15.4. The number of aromatic nitrogens is 1. The first-order valence-corrected chi connectivity index (χ1v) is 7.43. The van der Waals surface area contributed by atoms with Gasteiger partial charge in [-0.15, -0.1) is 11.3 Å². The van der Waals surface area contributed by atoms with Gasteiger partial charge in [0.1, 0.15) is 10.8 Å². The topological polar surface area (TPSA) is 70.5 Å². The molecule has 0 spiro atoms. The number of benzene rings is 2. The Balaban J connectivity index is 1.94. The molecule has 0 saturated heterocycles. The van der Waals surface area contributed by atoms with E-state index in [1.807, 2.05) is 24.3 Å². The van der Waals surface area contributed by atoms with Crippen LogP contribution >= 0.6 is 11.3 Å². The van der Waals surface area contributed by atoms with Crippen LogP contribution in [0, 0.1) is 0 Å². The summed E-state index contributed by atoms with van der Waals surface area (Å²) in [6.45, 7) is 0. The van der Waals surface area contributed by atoms with Crippen molar-refractivity contribution in [3.8, 4) is 16.3 Å². The van der Waals surface area contributed by atoms with Gasteiger partial charge >= 0.3 is 0 Å². The van der Waals surface area contributed by atoms with Crippen LogP contribution in [0.2, 0.25) is 0 Å². The molecule has 0 fully saturated rings. The number of para-hydroxylation sites is 1. The summed E-state index contributed by atoms with van der Waals surface area (Å²) in [6, 6.07) is 10.5. The molecule has 2 aromatic carbocycles. The zero-order valence-corrected chi connectivity index (χ0v) is 12.3. The van der Waals surface area contributed by atoms with E-state index < -0.39 is 5.91 Å². The molecule has 0 atom stereocenters. The average molecular weight is 310 g/mol. The maximum atomic E-state index is 12.1. The lowest BCUT2D eigenvalue weighted by molar-refractivity contribution is 0.0693. The van der Waals surface area contributed by atoms with Crippen LogP contribution in [0.25, 0.3) is 20.8 Å². The quantitative estimate of drug-likeness (QED) is 0.702. The van der Waals surface area contributed by atoms with E-state index in [-0.39, 0.29) is 17.2 Å². The Hall–Kier alpha value is -2.73. The lowest BCUT2D eigenvalue weighted by Gasteiger charge is -2.03. The van der Waals surface area contributed by atoms with Gasteiger partial charge in [0.2, 0.25) is 0 Å². The van der Waals surface area contributed by atoms with Gasteiger partial charge in [0.05, 0.1) is 26.9 Å². The smallest absolute Gasteiger partial charge is 0.261 e. The molecule has 108 valence electrons. The van der Waals surface area contributed by atoms with Crippen LogP contribution in [0.3, 0.4) is 0 Å². The number of carbonyl (C=O) groups is 2. The minimum absolute atomic E-state index is 0.0470. The number of hydrogen-bond donors (Lipinski definition) is 1. The monoisotopic (exact) mass is 310 g/mol. The fourth-order valence-electron chi connectivity index (χ4n) is 2.55. The first-order valence-electron chi connectivity index (χ1n) is 6.61. The van der Waals surface area contributed by atoms with Crippen molar-refractivity contribution >= 4 is 33.4 Å². The summed E-state index contributed by atoms with van der Waals surface area (Å²) in [6.07, 6.45) is 0. The summed E-state index contributed by atoms with van der Waals surface area (Å²) in [5.41, 5.74) is 1.84. The number of aromatic hydroxyl groups is 1. The summed E-state index contributed by atoms with van der Waals surface area (Å²) >= 11 is 1.43. The van der Waals surface area contributed by atoms with Gasteiger partial charge in [0, 0.05) is 7.05 Å². The molecule has 0 unspecified atom stereocenters. The van der Waals surface area contributed by atoms with Crippen LogP contribution in [0.15, 0.2) is 36.4 Å². The van der Waals surface area contributed by atoms with Gasteiger partial charge in [-0.2, -0.15) is 0 Å². The number of imide groups is 1. The summed E-state index contributed by atoms with van der Waals surface area (Å²) in [5.74, 6) is -0.803. The Bertz CT molecular complexity index is 928. The molecule has 3 aromatic rings. The Kier molecular flexibility index (Phi) is 2.58. The summed E-state index contributed by atoms with van der Waals surface area (Å²) in [4.78, 5) is 29.5. The fourth-order valence-corrected chi connectivity index (χ4v) is 3.55. The third kappa shape index (κ3) is 1.67. The van der Waals surface area contributed by atoms with Gasteiger partial charge in [-0.25, -0.2) is 4.98 Å². The number of amides is 2. The van der Waals surface area contributed by atoms with E-state index >= 15 is 0 Å². The number of rotatable bonds is 1. The second-order valence-electron chi connectivity index (χ2n) is 5.07. The molecule has 1 aliphatic rings. The average Bonchev–Trinajstić information content (AvgIpc) is 3.03. The maximum Gasteiger partial charge on any atom is 0.261 e. The standard InChI is InChI=1S/C16H10N2O3S/c1-18-15(20)8-6-10(12(19)7-9(8)16(18)21)14-17-11-4-2-3-5-13(11)22-14/h2-7,19H,1H3. The first-order chi connectivity index (χ1) is 10.6. The van der Waals surface area contributed by atoms with Crippen LogP contribution < -0.4 is 0 Å². The van der Waals surface area contributed by atoms with E-state index in [1.54, 1.807) is 6.07 Å². The molecule has 0 bridgehead atoms. The van der Waals surface area contributed by atoms with Crippen LogP contribution in [0.1, 0.15) is 20.7 Å². The normalized spacial score (nSPS) is 14.0. The largest absolute Gasteiger partial charge is 0.507 e. The number of phenols is 1. The van der Waals surface area contributed by atoms with Crippen LogP contribution in [0.4, 0.5) is 0 Å². The van der Waals surface area contributed by atoms with Crippen LogP contribution in [-0.2, 0) is 0 Å². The molecule has 1 N–H and O–H groups in total. The molecule has 0 saturated carbocycles. The highest BCUT2D eigenvalue weighted by Crippen LogP contribution is 2.38. The third-order valence-corrected chi connectivity index (χ3v) is 4.80. The summed E-state index contributed by atoms with van der Waals surface area (Å²) in [5, 5.41) is 10.8. The van der Waals surface area contributed by atoms with Crippen molar-refractivity contribution in [3.05, 3.63) is 47.5 Å². The van der Waals surface area contributed by atoms with E-state index in [0.717, 1.165) is 15.1 Å². The molecular weight excluding hydrogens is 300 g/mol. The SMILES string of the molecule is CN1C(=O)c2cc(O)c(-c3nc4ccccc4s3)cc2C1=O. The van der Waals surface area contributed by atoms with E-state index in [1.165, 1.54) is 24.5 Å². The van der Waals surface area contributed by atoms with Crippen molar-refractivity contribution in [2.75, 3.05) is 7.05 Å². The van der Waals surface area contributed by atoms with E-state index in [2.05, 4.69) is 4.98 Å². The van der Waals surface area contributed by atoms with Gasteiger partial charge in [-0.1, -0.05) is 12.1 Å². The molecule has 1 aliphatic heterocycles. The number of nitrogens with zero attached hydrogens (tertiary/aromatic N) is 2. The second kappa shape index (κ2) is 4.38. The Morgan fingerprint density at radius 1 is 1.05 bits per heavy atom. The van der Waals surface area contributed by atoms with Gasteiger partial charge in [-0.05, 0) is 24.3 Å². The first kappa shape index (κ1) is 13.0. The molecular formula is C16H10N2O3S. The number of phenolic OH excluding ortho intramolecular Hbond substituents is 1. The Labute approximate surface area is 129 Å². The summed E-state index contributed by atoms with van der Waals surface area (Å²) in [7, 11) is 1.43. The van der Waals surface area contributed by atoms with Crippen molar-refractivity contribution in [3.63, 3.8) is 0 Å². The minimum atomic E-state index is -0.397. The van der Waals surface area contributed by atoms with Crippen LogP contribution in [-0.4, -0.2) is 33.9 Å². The van der Waals surface area contributed by atoms with Gasteiger partial charge < -0.3 is 5.11 Å². The number of fused-ring (bicyclic) bond motifs is 2. The highest BCUT2D eigenvalue weighted by Gasteiger charge is 2.34. The highest BCUT2D eigenvalue weighted by molar-refractivity contribution is 7.21. The number of hydrogen-bond acceptors (Lipinski definition) is 5. The van der Waals surface area contributed by atoms with Crippen molar-refractivity contribution in [1.82, 2.24) is 9.88 Å². The van der Waals surface area contributed by atoms with Crippen molar-refractivity contribution in [2.24, 2.45) is 0 Å². The molecule has 0 aliphatic carbocycles. The molecule has 2 heterocycles. The molecule has 6 heteroatoms. The highest BCUT2D eigenvalue weighted by atomic mass is 32.1. The van der Waals surface area contributed by atoms with Gasteiger partial charge in [-0.3, -0.25) is 14.5 Å². The lowest BCUT2D eigenvalue weighted by Crippen LogP contribution is -2.24. The van der Waals surface area contributed by atoms with E-state index in [9.17, 15) is 14.7 Å². The predicted octanol–water partition coefficient (Wildman–Crippen LogP) is 2.89. The molecule has 0 radical (unpaired) electrons. The third-order valence-electron chi connectivity index (χ3n) is 3.73. The van der Waals surface area contributed by atoms with E-state index in [0.29, 0.717) is 16.1 Å². The molecule has 4 rings (SSSR count). The molecule has 1 aromatic heterocycles. The van der Waals surface area contributed by atoms with Crippen molar-refractivity contribution in [1.29, 1.82) is 0 Å². The lowest BCUT2D eigenvalue weighted by atomic mass is 10.0. The van der Waals surface area contributed by atoms with Gasteiger partial charge in [0.25, 0.3) is 11.8 Å². The number of carbonyl (C=O) groups excluding carboxylic acids is 2. The fraction of sp³-hybridized carbons (Fsp3) is 0.0625. The van der Waals surface area contributed by atoms with E-state index in [4.69, 9.17) is 0 Å². The van der Waals surface area contributed by atoms with Crippen LogP contribution in [0.5, 0.6) is 5.75 Å². The number of thiazole rings is 1. The second-order valence-corrected chi connectivity index (χ2v) is 6.10. The van der Waals surface area contributed by atoms with Gasteiger partial charge in [0.15, 0.2) is 0 Å². The zero-order valence-electron chi connectivity index (χ0n) is 11.5. The Morgan fingerprint density at radius 2 is 1.73 bits per heavy atom.